The first-order valence-electron chi connectivity index (χ1n) is 6.12. The van der Waals surface area contributed by atoms with Crippen molar-refractivity contribution < 1.29 is 0 Å². The van der Waals surface area contributed by atoms with E-state index in [4.69, 9.17) is 0 Å². The SMILES string of the molecule is CC1CCN(Cc2ccncc2)C(C)CN1. The third-order valence-electron chi connectivity index (χ3n) is 3.37. The quantitative estimate of drug-likeness (QED) is 0.820. The molecule has 1 fully saturated rings. The zero-order valence-corrected chi connectivity index (χ0v) is 10.2. The summed E-state index contributed by atoms with van der Waals surface area (Å²) in [5, 5.41) is 3.56. The number of nitrogens with one attached hydrogen (secondary N) is 1. The smallest absolute Gasteiger partial charge is 0.0271 e. The molecule has 0 saturated carbocycles. The number of hydrogen-bond acceptors (Lipinski definition) is 3. The predicted octanol–water partition coefficient (Wildman–Crippen LogP) is 1.65. The van der Waals surface area contributed by atoms with Crippen LogP contribution in [0, 0.1) is 0 Å². The Balaban J connectivity index is 1.98. The van der Waals surface area contributed by atoms with Gasteiger partial charge in [-0.3, -0.25) is 9.88 Å². The molecule has 16 heavy (non-hydrogen) atoms. The van der Waals surface area contributed by atoms with Gasteiger partial charge in [-0.1, -0.05) is 0 Å². The van der Waals surface area contributed by atoms with E-state index in [9.17, 15) is 0 Å². The van der Waals surface area contributed by atoms with Gasteiger partial charge in [-0.25, -0.2) is 0 Å². The molecule has 0 spiro atoms. The monoisotopic (exact) mass is 219 g/mol. The number of nitrogens with zero attached hydrogens (tertiary/aromatic N) is 2. The van der Waals surface area contributed by atoms with E-state index < -0.39 is 0 Å². The molecule has 1 aromatic heterocycles. The van der Waals surface area contributed by atoms with E-state index in [-0.39, 0.29) is 0 Å². The number of pyridine rings is 1. The van der Waals surface area contributed by atoms with Crippen molar-refractivity contribution >= 4 is 0 Å². The van der Waals surface area contributed by atoms with Crippen LogP contribution in [0.4, 0.5) is 0 Å². The Morgan fingerprint density at radius 2 is 2.12 bits per heavy atom. The lowest BCUT2D eigenvalue weighted by atomic mass is 10.2. The molecule has 1 saturated heterocycles. The van der Waals surface area contributed by atoms with Crippen molar-refractivity contribution in [3.05, 3.63) is 30.1 Å². The van der Waals surface area contributed by atoms with Crippen molar-refractivity contribution in [2.75, 3.05) is 13.1 Å². The first-order valence-corrected chi connectivity index (χ1v) is 6.12. The lowest BCUT2D eigenvalue weighted by Crippen LogP contribution is -2.37. The van der Waals surface area contributed by atoms with E-state index in [1.165, 1.54) is 18.5 Å². The summed E-state index contributed by atoms with van der Waals surface area (Å²) in [4.78, 5) is 6.60. The molecule has 0 amide bonds. The van der Waals surface area contributed by atoms with Crippen molar-refractivity contribution in [3.63, 3.8) is 0 Å². The average Bonchev–Trinajstić information content (AvgIpc) is 2.46. The second-order valence-electron chi connectivity index (χ2n) is 4.77. The van der Waals surface area contributed by atoms with Crippen LogP contribution in [0.5, 0.6) is 0 Å². The highest BCUT2D eigenvalue weighted by molar-refractivity contribution is 5.09. The first-order chi connectivity index (χ1) is 7.75. The third kappa shape index (κ3) is 3.03. The maximum atomic E-state index is 4.06. The van der Waals surface area contributed by atoms with Crippen molar-refractivity contribution in [3.8, 4) is 0 Å². The van der Waals surface area contributed by atoms with Crippen molar-refractivity contribution in [1.82, 2.24) is 15.2 Å². The fourth-order valence-electron chi connectivity index (χ4n) is 2.14. The van der Waals surface area contributed by atoms with Gasteiger partial charge in [-0.15, -0.1) is 0 Å². The molecule has 2 rings (SSSR count). The van der Waals surface area contributed by atoms with Crippen molar-refractivity contribution in [2.45, 2.75) is 38.9 Å². The van der Waals surface area contributed by atoms with E-state index in [0.717, 1.165) is 13.1 Å². The lowest BCUT2D eigenvalue weighted by Gasteiger charge is -2.26. The zero-order chi connectivity index (χ0) is 11.4. The molecule has 3 nitrogen and oxygen atoms in total. The van der Waals surface area contributed by atoms with Gasteiger partial charge in [0.05, 0.1) is 0 Å². The minimum absolute atomic E-state index is 0.609. The molecule has 1 aliphatic heterocycles. The Morgan fingerprint density at radius 3 is 2.88 bits per heavy atom. The standard InChI is InChI=1S/C13H21N3/c1-11-5-8-16(12(2)9-15-11)10-13-3-6-14-7-4-13/h3-4,6-7,11-12,15H,5,8-10H2,1-2H3. The maximum absolute atomic E-state index is 4.06. The predicted molar refractivity (Wildman–Crippen MR) is 66.2 cm³/mol. The first kappa shape index (κ1) is 11.6. The van der Waals surface area contributed by atoms with Crippen LogP contribution in [-0.2, 0) is 6.54 Å². The zero-order valence-electron chi connectivity index (χ0n) is 10.2. The number of rotatable bonds is 2. The largest absolute Gasteiger partial charge is 0.313 e. The van der Waals surface area contributed by atoms with Gasteiger partial charge in [-0.05, 0) is 38.0 Å². The van der Waals surface area contributed by atoms with E-state index in [1.807, 2.05) is 12.4 Å². The second kappa shape index (κ2) is 5.41. The minimum atomic E-state index is 0.609. The molecule has 1 aromatic rings. The highest BCUT2D eigenvalue weighted by Gasteiger charge is 2.19. The number of hydrogen-bond donors (Lipinski definition) is 1. The molecule has 1 aliphatic rings. The van der Waals surface area contributed by atoms with Gasteiger partial charge in [0.1, 0.15) is 0 Å². The average molecular weight is 219 g/mol. The summed E-state index contributed by atoms with van der Waals surface area (Å²) >= 11 is 0. The van der Waals surface area contributed by atoms with Crippen LogP contribution < -0.4 is 5.32 Å². The Bertz CT molecular complexity index is 312. The van der Waals surface area contributed by atoms with Crippen LogP contribution in [0.1, 0.15) is 25.8 Å². The molecular weight excluding hydrogens is 198 g/mol. The Labute approximate surface area is 97.9 Å². The van der Waals surface area contributed by atoms with Gasteiger partial charge in [0.25, 0.3) is 0 Å². The number of aromatic nitrogens is 1. The Morgan fingerprint density at radius 1 is 1.38 bits per heavy atom. The molecule has 3 heteroatoms. The van der Waals surface area contributed by atoms with Gasteiger partial charge in [0.2, 0.25) is 0 Å². The molecule has 0 aliphatic carbocycles. The molecule has 0 bridgehead atoms. The summed E-state index contributed by atoms with van der Waals surface area (Å²) < 4.78 is 0. The van der Waals surface area contributed by atoms with Crippen molar-refractivity contribution in [1.29, 1.82) is 0 Å². The molecule has 2 unspecified atom stereocenters. The highest BCUT2D eigenvalue weighted by Crippen LogP contribution is 2.11. The Kier molecular flexibility index (Phi) is 3.91. The summed E-state index contributed by atoms with van der Waals surface area (Å²) in [7, 11) is 0. The highest BCUT2D eigenvalue weighted by atomic mass is 15.2. The van der Waals surface area contributed by atoms with Gasteiger partial charge < -0.3 is 5.32 Å². The van der Waals surface area contributed by atoms with Gasteiger partial charge >= 0.3 is 0 Å². The molecule has 2 atom stereocenters. The summed E-state index contributed by atoms with van der Waals surface area (Å²) in [5.74, 6) is 0. The maximum Gasteiger partial charge on any atom is 0.0271 e. The van der Waals surface area contributed by atoms with E-state index in [2.05, 4.69) is 41.2 Å². The molecular formula is C13H21N3. The lowest BCUT2D eigenvalue weighted by molar-refractivity contribution is 0.213. The van der Waals surface area contributed by atoms with Crippen LogP contribution in [0.3, 0.4) is 0 Å². The molecule has 1 N–H and O–H groups in total. The van der Waals surface area contributed by atoms with Crippen LogP contribution >= 0.6 is 0 Å². The van der Waals surface area contributed by atoms with E-state index in [1.54, 1.807) is 0 Å². The fraction of sp³-hybridized carbons (Fsp3) is 0.615. The molecule has 0 radical (unpaired) electrons. The minimum Gasteiger partial charge on any atom is -0.313 e. The normalized spacial score (nSPS) is 27.6. The summed E-state index contributed by atoms with van der Waals surface area (Å²) in [6.07, 6.45) is 4.98. The van der Waals surface area contributed by atoms with Gasteiger partial charge in [0.15, 0.2) is 0 Å². The summed E-state index contributed by atoms with van der Waals surface area (Å²) in [6.45, 7) is 7.87. The van der Waals surface area contributed by atoms with Gasteiger partial charge in [0, 0.05) is 44.1 Å². The molecule has 2 heterocycles. The third-order valence-corrected chi connectivity index (χ3v) is 3.37. The van der Waals surface area contributed by atoms with Crippen LogP contribution in [0.15, 0.2) is 24.5 Å². The van der Waals surface area contributed by atoms with Gasteiger partial charge in [-0.2, -0.15) is 0 Å². The Hall–Kier alpha value is -0.930. The van der Waals surface area contributed by atoms with Crippen LogP contribution in [-0.4, -0.2) is 35.1 Å². The van der Waals surface area contributed by atoms with Crippen molar-refractivity contribution in [2.24, 2.45) is 0 Å². The van der Waals surface area contributed by atoms with E-state index >= 15 is 0 Å². The van der Waals surface area contributed by atoms with Crippen LogP contribution in [0.2, 0.25) is 0 Å². The summed E-state index contributed by atoms with van der Waals surface area (Å²) in [5.41, 5.74) is 1.36. The fourth-order valence-corrected chi connectivity index (χ4v) is 2.14. The van der Waals surface area contributed by atoms with E-state index in [0.29, 0.717) is 12.1 Å². The summed E-state index contributed by atoms with van der Waals surface area (Å²) in [6, 6.07) is 5.46. The van der Waals surface area contributed by atoms with Crippen LogP contribution in [0.25, 0.3) is 0 Å². The second-order valence-corrected chi connectivity index (χ2v) is 4.77. The molecule has 88 valence electrons. The molecule has 0 aromatic carbocycles. The topological polar surface area (TPSA) is 28.2 Å².